The molecule has 2 N–H and O–H groups in total. The lowest BCUT2D eigenvalue weighted by Gasteiger charge is -2.55. The van der Waals surface area contributed by atoms with E-state index in [0.29, 0.717) is 18.1 Å². The maximum Gasteiger partial charge on any atom is 0.191 e. The molecule has 25 heavy (non-hydrogen) atoms. The number of aromatic nitrogens is 3. The number of nitrogens with zero attached hydrogens (tertiary/aromatic N) is 4. The number of fused-ring (bicyclic) bond motifs is 2. The highest BCUT2D eigenvalue weighted by Crippen LogP contribution is 2.52. The number of hydrogen-bond donors (Lipinski definition) is 2. The Bertz CT molecular complexity index is 658. The second-order valence-electron chi connectivity index (χ2n) is 7.84. The van der Waals surface area contributed by atoms with Crippen LogP contribution in [-0.2, 0) is 11.3 Å². The third-order valence-corrected chi connectivity index (χ3v) is 5.91. The first-order valence-corrected chi connectivity index (χ1v) is 9.03. The summed E-state index contributed by atoms with van der Waals surface area (Å²) in [6, 6.07) is 0.573. The van der Waals surface area contributed by atoms with Crippen molar-refractivity contribution in [2.24, 2.45) is 16.3 Å². The van der Waals surface area contributed by atoms with Crippen molar-refractivity contribution in [1.82, 2.24) is 25.4 Å². The fourth-order valence-corrected chi connectivity index (χ4v) is 4.71. The average Bonchev–Trinajstić information content (AvgIpc) is 3.15. The second-order valence-corrected chi connectivity index (χ2v) is 7.84. The fourth-order valence-electron chi connectivity index (χ4n) is 4.71. The molecule has 7 nitrogen and oxygen atoms in total. The summed E-state index contributed by atoms with van der Waals surface area (Å²) in [5.41, 5.74) is 0.141. The van der Waals surface area contributed by atoms with Crippen LogP contribution >= 0.6 is 24.0 Å². The number of aliphatic imine (C=N–C) groups is 1. The van der Waals surface area contributed by atoms with Crippen molar-refractivity contribution in [3.05, 3.63) is 11.6 Å². The highest BCUT2D eigenvalue weighted by Gasteiger charge is 2.59. The van der Waals surface area contributed by atoms with Gasteiger partial charge in [0, 0.05) is 37.6 Å². The van der Waals surface area contributed by atoms with Crippen molar-refractivity contribution in [3.63, 3.8) is 0 Å². The van der Waals surface area contributed by atoms with Gasteiger partial charge >= 0.3 is 0 Å². The Labute approximate surface area is 166 Å². The minimum Gasteiger partial charge on any atom is -0.377 e. The summed E-state index contributed by atoms with van der Waals surface area (Å²) in [5, 5.41) is 11.7. The predicted octanol–water partition coefficient (Wildman–Crippen LogP) is 2.02. The standard InChI is InChI=1S/C17H28N6O.HI/c1-10-19-15-12(6-5-8-23(15)22-10)20-16(18-4)21-13-11-7-9-24-14(11)17(13,2)3;/h11-14H,5-9H2,1-4H3,(H2,18,20,21);1H. The first-order chi connectivity index (χ1) is 11.5. The van der Waals surface area contributed by atoms with Crippen LogP contribution in [0.1, 0.15) is 50.8 Å². The molecule has 1 aliphatic carbocycles. The Balaban J connectivity index is 0.00000182. The predicted molar refractivity (Wildman–Crippen MR) is 107 cm³/mol. The third-order valence-electron chi connectivity index (χ3n) is 5.91. The number of guanidine groups is 1. The first-order valence-electron chi connectivity index (χ1n) is 9.03. The summed E-state index contributed by atoms with van der Waals surface area (Å²) in [7, 11) is 1.84. The van der Waals surface area contributed by atoms with Crippen LogP contribution in [0.3, 0.4) is 0 Å². The molecule has 0 bridgehead atoms. The molecule has 4 atom stereocenters. The van der Waals surface area contributed by atoms with E-state index in [2.05, 4.69) is 39.6 Å². The molecule has 1 saturated carbocycles. The zero-order valence-corrected chi connectivity index (χ0v) is 17.8. The molecular weight excluding hydrogens is 431 g/mol. The van der Waals surface area contributed by atoms with E-state index in [4.69, 9.17) is 4.74 Å². The number of nitrogens with one attached hydrogen (secondary N) is 2. The minimum atomic E-state index is 0. The van der Waals surface area contributed by atoms with E-state index in [0.717, 1.165) is 50.0 Å². The van der Waals surface area contributed by atoms with Crippen molar-refractivity contribution in [3.8, 4) is 0 Å². The molecule has 0 radical (unpaired) electrons. The van der Waals surface area contributed by atoms with Crippen LogP contribution in [0, 0.1) is 18.3 Å². The van der Waals surface area contributed by atoms with Gasteiger partial charge in [-0.2, -0.15) is 5.10 Å². The van der Waals surface area contributed by atoms with E-state index in [1.165, 1.54) is 0 Å². The van der Waals surface area contributed by atoms with Crippen LogP contribution in [-0.4, -0.2) is 46.5 Å². The maximum atomic E-state index is 5.89. The van der Waals surface area contributed by atoms with E-state index < -0.39 is 0 Å². The zero-order chi connectivity index (χ0) is 16.9. The number of rotatable bonds is 2. The second kappa shape index (κ2) is 7.02. The summed E-state index contributed by atoms with van der Waals surface area (Å²) in [5.74, 6) is 3.32. The molecule has 8 heteroatoms. The van der Waals surface area contributed by atoms with Gasteiger partial charge in [0.2, 0.25) is 0 Å². The molecule has 3 heterocycles. The van der Waals surface area contributed by atoms with Crippen LogP contribution in [0.2, 0.25) is 0 Å². The Morgan fingerprint density at radius 2 is 2.12 bits per heavy atom. The summed E-state index contributed by atoms with van der Waals surface area (Å²) in [6.07, 6.45) is 3.69. The van der Waals surface area contributed by atoms with Gasteiger partial charge in [-0.05, 0) is 26.2 Å². The molecule has 1 aromatic rings. The quantitative estimate of drug-likeness (QED) is 0.401. The molecule has 3 aliphatic rings. The van der Waals surface area contributed by atoms with Crippen molar-refractivity contribution in [2.45, 2.75) is 64.8 Å². The fraction of sp³-hybridized carbons (Fsp3) is 0.824. The number of aryl methyl sites for hydroxylation is 2. The highest BCUT2D eigenvalue weighted by atomic mass is 127. The number of hydrogen-bond acceptors (Lipinski definition) is 4. The van der Waals surface area contributed by atoms with Gasteiger partial charge in [0.05, 0.1) is 12.1 Å². The lowest BCUT2D eigenvalue weighted by atomic mass is 9.57. The number of halogens is 1. The van der Waals surface area contributed by atoms with Gasteiger partial charge in [-0.25, -0.2) is 9.67 Å². The molecule has 140 valence electrons. The van der Waals surface area contributed by atoms with Crippen molar-refractivity contribution >= 4 is 29.9 Å². The van der Waals surface area contributed by atoms with Gasteiger partial charge in [0.1, 0.15) is 11.6 Å². The Hall–Kier alpha value is -0.900. The molecule has 2 fully saturated rings. The molecule has 1 saturated heterocycles. The first kappa shape index (κ1) is 18.9. The van der Waals surface area contributed by atoms with Gasteiger partial charge in [0.15, 0.2) is 5.96 Å². The summed E-state index contributed by atoms with van der Waals surface area (Å²) in [4.78, 5) is 9.06. The summed E-state index contributed by atoms with van der Waals surface area (Å²) in [6.45, 7) is 8.35. The molecular formula is C17H29IN6O. The smallest absolute Gasteiger partial charge is 0.191 e. The van der Waals surface area contributed by atoms with Gasteiger partial charge in [-0.15, -0.1) is 24.0 Å². The van der Waals surface area contributed by atoms with Crippen LogP contribution < -0.4 is 10.6 Å². The molecule has 0 aromatic carbocycles. The van der Waals surface area contributed by atoms with Crippen LogP contribution in [0.25, 0.3) is 0 Å². The van der Waals surface area contributed by atoms with Crippen LogP contribution in [0.5, 0.6) is 0 Å². The van der Waals surface area contributed by atoms with E-state index >= 15 is 0 Å². The maximum absolute atomic E-state index is 5.89. The minimum absolute atomic E-state index is 0. The van der Waals surface area contributed by atoms with Crippen molar-refractivity contribution in [1.29, 1.82) is 0 Å². The molecule has 2 aliphatic heterocycles. The Kier molecular flexibility index (Phi) is 5.30. The van der Waals surface area contributed by atoms with Gasteiger partial charge in [0.25, 0.3) is 0 Å². The van der Waals surface area contributed by atoms with Crippen LogP contribution in [0.4, 0.5) is 0 Å². The SMILES string of the molecule is CN=C(NC1CCCn2nc(C)nc21)NC1C2CCOC2C1(C)C.I. The molecule has 4 rings (SSSR count). The Morgan fingerprint density at radius 1 is 1.32 bits per heavy atom. The Morgan fingerprint density at radius 3 is 2.88 bits per heavy atom. The topological polar surface area (TPSA) is 76.4 Å². The van der Waals surface area contributed by atoms with E-state index in [9.17, 15) is 0 Å². The van der Waals surface area contributed by atoms with Gasteiger partial charge < -0.3 is 15.4 Å². The largest absolute Gasteiger partial charge is 0.377 e. The number of ether oxygens (including phenoxy) is 1. The van der Waals surface area contributed by atoms with E-state index in [-0.39, 0.29) is 35.4 Å². The van der Waals surface area contributed by atoms with E-state index in [1.807, 2.05) is 18.7 Å². The van der Waals surface area contributed by atoms with Gasteiger partial charge in [-0.1, -0.05) is 13.8 Å². The monoisotopic (exact) mass is 460 g/mol. The molecule has 0 spiro atoms. The van der Waals surface area contributed by atoms with Crippen LogP contribution in [0.15, 0.2) is 4.99 Å². The van der Waals surface area contributed by atoms with Gasteiger partial charge in [-0.3, -0.25) is 4.99 Å². The van der Waals surface area contributed by atoms with Crippen molar-refractivity contribution in [2.75, 3.05) is 13.7 Å². The van der Waals surface area contributed by atoms with Crippen molar-refractivity contribution < 1.29 is 4.74 Å². The lowest BCUT2D eigenvalue weighted by molar-refractivity contribution is -0.106. The lowest BCUT2D eigenvalue weighted by Crippen LogP contribution is -2.68. The summed E-state index contributed by atoms with van der Waals surface area (Å²) >= 11 is 0. The van der Waals surface area contributed by atoms with E-state index in [1.54, 1.807) is 0 Å². The zero-order valence-electron chi connectivity index (χ0n) is 15.5. The third kappa shape index (κ3) is 3.15. The molecule has 1 aromatic heterocycles. The highest BCUT2D eigenvalue weighted by molar-refractivity contribution is 14.0. The molecule has 0 amide bonds. The molecule has 4 unspecified atom stereocenters. The normalized spacial score (nSPS) is 32.9. The average molecular weight is 460 g/mol. The summed E-state index contributed by atoms with van der Waals surface area (Å²) < 4.78 is 7.92.